The largest absolute Gasteiger partial charge is 0.456 e. The third-order valence-electron chi connectivity index (χ3n) is 8.66. The Morgan fingerprint density at radius 3 is 1.64 bits per heavy atom. The first kappa shape index (κ1) is 25.4. The summed E-state index contributed by atoms with van der Waals surface area (Å²) in [7, 11) is 0. The highest BCUT2D eigenvalue weighted by Crippen LogP contribution is 2.44. The van der Waals surface area contributed by atoms with E-state index < -0.39 is 0 Å². The maximum atomic E-state index is 6.59. The van der Waals surface area contributed by atoms with E-state index in [1.807, 2.05) is 24.3 Å². The number of benzene rings is 7. The van der Waals surface area contributed by atoms with Crippen LogP contribution in [0.2, 0.25) is 0 Å². The van der Waals surface area contributed by atoms with Crippen LogP contribution in [-0.4, -0.2) is 0 Å². The highest BCUT2D eigenvalue weighted by molar-refractivity contribution is 6.13. The Morgan fingerprint density at radius 2 is 0.889 bits per heavy atom. The Balaban J connectivity index is 1.29. The van der Waals surface area contributed by atoms with Crippen LogP contribution in [0.5, 0.6) is 0 Å². The van der Waals surface area contributed by atoms with Gasteiger partial charge in [0.2, 0.25) is 0 Å². The van der Waals surface area contributed by atoms with Crippen molar-refractivity contribution in [3.8, 4) is 22.3 Å². The van der Waals surface area contributed by atoms with Gasteiger partial charge in [0.1, 0.15) is 22.3 Å². The van der Waals surface area contributed by atoms with Crippen molar-refractivity contribution in [3.05, 3.63) is 164 Å². The van der Waals surface area contributed by atoms with Crippen LogP contribution in [0.1, 0.15) is 0 Å². The Hall–Kier alpha value is -6.06. The standard InChI is InChI=1S/C42H27NO2/c1-3-11-28(12-4-1)29-19-22-32(23-20-29)43(31-13-5-2-6-14-31)33-26-36(42-38(27-33)35-16-8-10-18-40(35)45-42)30-21-24-41-37(25-30)34-15-7-9-17-39(34)44-41/h1-27H. The van der Waals surface area contributed by atoms with Crippen LogP contribution in [0, 0.1) is 0 Å². The first-order valence-electron chi connectivity index (χ1n) is 15.2. The molecule has 45 heavy (non-hydrogen) atoms. The molecule has 3 heteroatoms. The van der Waals surface area contributed by atoms with Crippen molar-refractivity contribution < 1.29 is 8.83 Å². The summed E-state index contributed by atoms with van der Waals surface area (Å²) in [5.41, 5.74) is 11.2. The highest BCUT2D eigenvalue weighted by Gasteiger charge is 2.20. The molecule has 0 aliphatic rings. The molecule has 0 aliphatic carbocycles. The van der Waals surface area contributed by atoms with Crippen molar-refractivity contribution in [1.82, 2.24) is 0 Å². The average molecular weight is 578 g/mol. The van der Waals surface area contributed by atoms with Crippen LogP contribution in [0.25, 0.3) is 66.1 Å². The molecule has 0 amide bonds. The summed E-state index contributed by atoms with van der Waals surface area (Å²) < 4.78 is 12.8. The molecule has 2 aromatic heterocycles. The van der Waals surface area contributed by atoms with E-state index >= 15 is 0 Å². The molecule has 0 radical (unpaired) electrons. The quantitative estimate of drug-likeness (QED) is 0.204. The molecule has 0 saturated carbocycles. The second-order valence-electron chi connectivity index (χ2n) is 11.4. The zero-order valence-electron chi connectivity index (χ0n) is 24.4. The number of fused-ring (bicyclic) bond motifs is 6. The zero-order chi connectivity index (χ0) is 29.7. The van der Waals surface area contributed by atoms with E-state index in [1.165, 1.54) is 11.1 Å². The van der Waals surface area contributed by atoms with E-state index in [-0.39, 0.29) is 0 Å². The first-order valence-corrected chi connectivity index (χ1v) is 15.2. The number of para-hydroxylation sites is 3. The molecule has 0 aliphatic heterocycles. The summed E-state index contributed by atoms with van der Waals surface area (Å²) in [5.74, 6) is 0. The van der Waals surface area contributed by atoms with Crippen LogP contribution in [0.3, 0.4) is 0 Å². The molecule has 0 spiro atoms. The lowest BCUT2D eigenvalue weighted by Gasteiger charge is -2.26. The molecule has 0 N–H and O–H groups in total. The van der Waals surface area contributed by atoms with Crippen LogP contribution in [0.15, 0.2) is 173 Å². The Kier molecular flexibility index (Phi) is 5.82. The Morgan fingerprint density at radius 1 is 0.333 bits per heavy atom. The fourth-order valence-corrected chi connectivity index (χ4v) is 6.51. The second-order valence-corrected chi connectivity index (χ2v) is 11.4. The van der Waals surface area contributed by atoms with Gasteiger partial charge < -0.3 is 13.7 Å². The SMILES string of the molecule is c1ccc(-c2ccc(N(c3ccccc3)c3cc(-c4ccc5oc6ccccc6c5c4)c4oc5ccccc5c4c3)cc2)cc1. The number of hydrogen-bond acceptors (Lipinski definition) is 3. The molecule has 2 heterocycles. The molecule has 9 aromatic rings. The molecule has 0 bridgehead atoms. The minimum Gasteiger partial charge on any atom is -0.456 e. The van der Waals surface area contributed by atoms with E-state index in [4.69, 9.17) is 8.83 Å². The van der Waals surface area contributed by atoms with Crippen molar-refractivity contribution in [1.29, 1.82) is 0 Å². The molecule has 0 atom stereocenters. The van der Waals surface area contributed by atoms with Gasteiger partial charge in [0.15, 0.2) is 0 Å². The van der Waals surface area contributed by atoms with Crippen molar-refractivity contribution in [3.63, 3.8) is 0 Å². The van der Waals surface area contributed by atoms with E-state index in [0.29, 0.717) is 0 Å². The molecular weight excluding hydrogens is 550 g/mol. The lowest BCUT2D eigenvalue weighted by Crippen LogP contribution is -2.10. The Bertz CT molecular complexity index is 2470. The van der Waals surface area contributed by atoms with Gasteiger partial charge in [0.05, 0.1) is 0 Å². The highest BCUT2D eigenvalue weighted by atomic mass is 16.3. The molecule has 0 unspecified atom stereocenters. The summed E-state index contributed by atoms with van der Waals surface area (Å²) in [4.78, 5) is 2.32. The van der Waals surface area contributed by atoms with Crippen molar-refractivity contribution in [2.45, 2.75) is 0 Å². The predicted molar refractivity (Wildman–Crippen MR) is 187 cm³/mol. The monoisotopic (exact) mass is 577 g/mol. The summed E-state index contributed by atoms with van der Waals surface area (Å²) in [5, 5.41) is 4.37. The summed E-state index contributed by atoms with van der Waals surface area (Å²) >= 11 is 0. The average Bonchev–Trinajstić information content (AvgIpc) is 3.67. The molecule has 212 valence electrons. The third kappa shape index (κ3) is 4.29. The fourth-order valence-electron chi connectivity index (χ4n) is 6.51. The van der Waals surface area contributed by atoms with Gasteiger partial charge in [-0.05, 0) is 77.4 Å². The van der Waals surface area contributed by atoms with Crippen molar-refractivity contribution in [2.24, 2.45) is 0 Å². The Labute approximate surface area is 260 Å². The maximum absolute atomic E-state index is 6.59. The molecule has 7 aromatic carbocycles. The number of rotatable bonds is 5. The minimum absolute atomic E-state index is 0.874. The molecular formula is C42H27NO2. The fraction of sp³-hybridized carbons (Fsp3) is 0. The first-order chi connectivity index (χ1) is 22.3. The minimum atomic E-state index is 0.874. The van der Waals surface area contributed by atoms with E-state index in [0.717, 1.165) is 72.1 Å². The lowest BCUT2D eigenvalue weighted by atomic mass is 9.98. The smallest absolute Gasteiger partial charge is 0.143 e. The zero-order valence-corrected chi connectivity index (χ0v) is 24.4. The third-order valence-corrected chi connectivity index (χ3v) is 8.66. The molecule has 0 fully saturated rings. The number of hydrogen-bond donors (Lipinski definition) is 0. The normalized spacial score (nSPS) is 11.6. The molecule has 9 rings (SSSR count). The van der Waals surface area contributed by atoms with Gasteiger partial charge in [-0.15, -0.1) is 0 Å². The van der Waals surface area contributed by atoms with E-state index in [2.05, 4.69) is 144 Å². The summed E-state index contributed by atoms with van der Waals surface area (Å²) in [6.07, 6.45) is 0. The summed E-state index contributed by atoms with van der Waals surface area (Å²) in [6.45, 7) is 0. The van der Waals surface area contributed by atoms with Gasteiger partial charge in [0.25, 0.3) is 0 Å². The van der Waals surface area contributed by atoms with Crippen LogP contribution in [0.4, 0.5) is 17.1 Å². The van der Waals surface area contributed by atoms with Crippen LogP contribution < -0.4 is 4.90 Å². The molecule has 3 nitrogen and oxygen atoms in total. The van der Waals surface area contributed by atoms with E-state index in [1.54, 1.807) is 0 Å². The maximum Gasteiger partial charge on any atom is 0.143 e. The number of nitrogens with zero attached hydrogens (tertiary/aromatic N) is 1. The number of furan rings is 2. The van der Waals surface area contributed by atoms with E-state index in [9.17, 15) is 0 Å². The van der Waals surface area contributed by atoms with Gasteiger partial charge in [0, 0.05) is 44.2 Å². The van der Waals surface area contributed by atoms with Crippen molar-refractivity contribution >= 4 is 60.9 Å². The van der Waals surface area contributed by atoms with Gasteiger partial charge in [-0.25, -0.2) is 0 Å². The predicted octanol–water partition coefficient (Wildman–Crippen LogP) is 12.3. The molecule has 0 saturated heterocycles. The second kappa shape index (κ2) is 10.3. The summed E-state index contributed by atoms with van der Waals surface area (Å²) in [6, 6.07) is 57.3. The number of anilines is 3. The lowest BCUT2D eigenvalue weighted by molar-refractivity contribution is 0.668. The van der Waals surface area contributed by atoms with Crippen LogP contribution >= 0.6 is 0 Å². The topological polar surface area (TPSA) is 29.5 Å². The van der Waals surface area contributed by atoms with Gasteiger partial charge in [-0.2, -0.15) is 0 Å². The van der Waals surface area contributed by atoms with Crippen LogP contribution in [-0.2, 0) is 0 Å². The van der Waals surface area contributed by atoms with Crippen molar-refractivity contribution in [2.75, 3.05) is 4.90 Å². The van der Waals surface area contributed by atoms with Gasteiger partial charge in [-0.3, -0.25) is 0 Å². The van der Waals surface area contributed by atoms with Gasteiger partial charge >= 0.3 is 0 Å². The van der Waals surface area contributed by atoms with Gasteiger partial charge in [-0.1, -0.05) is 103 Å².